The molecule has 1 aliphatic carbocycles. The van der Waals surface area contributed by atoms with E-state index in [0.717, 1.165) is 6.54 Å². The van der Waals surface area contributed by atoms with Gasteiger partial charge in [0.25, 0.3) is 0 Å². The number of nitrogens with zero attached hydrogens (tertiary/aromatic N) is 1. The van der Waals surface area contributed by atoms with Crippen LogP contribution in [0.1, 0.15) is 34.9 Å². The Morgan fingerprint density at radius 2 is 2.53 bits per heavy atom. The second-order valence-electron chi connectivity index (χ2n) is 4.36. The van der Waals surface area contributed by atoms with Gasteiger partial charge in [-0.1, -0.05) is 0 Å². The summed E-state index contributed by atoms with van der Waals surface area (Å²) in [6, 6.07) is 2.77. The van der Waals surface area contributed by atoms with Crippen LogP contribution >= 0.6 is 27.3 Å². The van der Waals surface area contributed by atoms with E-state index in [1.54, 1.807) is 0 Å². The van der Waals surface area contributed by atoms with Gasteiger partial charge in [0.1, 0.15) is 0 Å². The third-order valence-corrected chi connectivity index (χ3v) is 4.90. The lowest BCUT2D eigenvalue weighted by Gasteiger charge is -2.23. The van der Waals surface area contributed by atoms with Gasteiger partial charge in [-0.15, -0.1) is 11.3 Å². The molecule has 90 valence electrons. The van der Waals surface area contributed by atoms with Gasteiger partial charge in [0.15, 0.2) is 0 Å². The van der Waals surface area contributed by atoms with Crippen molar-refractivity contribution in [1.82, 2.24) is 15.5 Å². The molecule has 1 unspecified atom stereocenters. The first-order valence-corrected chi connectivity index (χ1v) is 7.43. The van der Waals surface area contributed by atoms with Gasteiger partial charge < -0.3 is 5.32 Å². The molecule has 1 atom stereocenters. The molecular weight excluding hydrogens is 298 g/mol. The second kappa shape index (κ2) is 4.92. The Kier molecular flexibility index (Phi) is 3.31. The zero-order valence-corrected chi connectivity index (χ0v) is 11.8. The summed E-state index contributed by atoms with van der Waals surface area (Å²) in [7, 11) is 0. The number of H-pyrrole nitrogens is 1. The summed E-state index contributed by atoms with van der Waals surface area (Å²) < 4.78 is 1.25. The molecule has 2 aromatic heterocycles. The van der Waals surface area contributed by atoms with Crippen LogP contribution < -0.4 is 5.32 Å². The van der Waals surface area contributed by atoms with Crippen LogP contribution in [0.15, 0.2) is 22.2 Å². The standard InChI is InChI=1S/C12H14BrN3S/c13-12-4-9-10(2-1-3-11(9)17-12)14-5-8-6-15-16-7-8/h4,6-7,10,14H,1-3,5H2,(H,15,16). The van der Waals surface area contributed by atoms with Crippen molar-refractivity contribution in [2.45, 2.75) is 31.8 Å². The number of nitrogens with one attached hydrogen (secondary N) is 2. The number of aromatic nitrogens is 2. The van der Waals surface area contributed by atoms with Crippen LogP contribution in [-0.2, 0) is 13.0 Å². The van der Waals surface area contributed by atoms with E-state index >= 15 is 0 Å². The normalized spacial score (nSPS) is 19.2. The molecule has 3 nitrogen and oxygen atoms in total. The minimum Gasteiger partial charge on any atom is -0.306 e. The van der Waals surface area contributed by atoms with E-state index in [-0.39, 0.29) is 0 Å². The molecule has 3 rings (SSSR count). The third kappa shape index (κ3) is 2.46. The maximum Gasteiger partial charge on any atom is 0.0704 e. The van der Waals surface area contributed by atoms with Crippen molar-refractivity contribution >= 4 is 27.3 Å². The van der Waals surface area contributed by atoms with E-state index in [2.05, 4.69) is 37.5 Å². The molecule has 0 aliphatic heterocycles. The predicted octanol–water partition coefficient (Wildman–Crippen LogP) is 3.40. The number of halogens is 1. The molecule has 1 aliphatic rings. The van der Waals surface area contributed by atoms with Crippen LogP contribution in [0.4, 0.5) is 0 Å². The highest BCUT2D eigenvalue weighted by molar-refractivity contribution is 9.11. The highest BCUT2D eigenvalue weighted by Crippen LogP contribution is 2.37. The van der Waals surface area contributed by atoms with Gasteiger partial charge >= 0.3 is 0 Å². The molecule has 0 amide bonds. The molecule has 2 heterocycles. The summed E-state index contributed by atoms with van der Waals surface area (Å²) >= 11 is 5.46. The first kappa shape index (κ1) is 11.4. The number of aryl methyl sites for hydroxylation is 1. The van der Waals surface area contributed by atoms with E-state index in [9.17, 15) is 0 Å². The van der Waals surface area contributed by atoms with Crippen LogP contribution in [0.5, 0.6) is 0 Å². The highest BCUT2D eigenvalue weighted by atomic mass is 79.9. The number of hydrogen-bond donors (Lipinski definition) is 2. The lowest BCUT2D eigenvalue weighted by atomic mass is 9.94. The SMILES string of the molecule is Brc1cc2c(s1)CCCC2NCc1cn[nH]c1. The molecule has 2 aromatic rings. The lowest BCUT2D eigenvalue weighted by molar-refractivity contribution is 0.463. The fraction of sp³-hybridized carbons (Fsp3) is 0.417. The number of aromatic amines is 1. The third-order valence-electron chi connectivity index (χ3n) is 3.19. The summed E-state index contributed by atoms with van der Waals surface area (Å²) in [5, 5.41) is 10.4. The van der Waals surface area contributed by atoms with Crippen molar-refractivity contribution < 1.29 is 0 Å². The molecule has 5 heteroatoms. The minimum absolute atomic E-state index is 0.496. The van der Waals surface area contributed by atoms with Crippen LogP contribution in [0.3, 0.4) is 0 Å². The molecule has 0 spiro atoms. The first-order valence-electron chi connectivity index (χ1n) is 5.82. The van der Waals surface area contributed by atoms with Gasteiger partial charge in [-0.05, 0) is 46.8 Å². The zero-order chi connectivity index (χ0) is 11.7. The van der Waals surface area contributed by atoms with E-state index in [4.69, 9.17) is 0 Å². The summed E-state index contributed by atoms with van der Waals surface area (Å²) in [4.78, 5) is 1.54. The Bertz CT molecular complexity index is 492. The van der Waals surface area contributed by atoms with Crippen LogP contribution in [-0.4, -0.2) is 10.2 Å². The molecule has 0 bridgehead atoms. The van der Waals surface area contributed by atoms with Crippen LogP contribution in [0.2, 0.25) is 0 Å². The van der Waals surface area contributed by atoms with Crippen molar-refractivity contribution in [3.05, 3.63) is 38.3 Å². The maximum absolute atomic E-state index is 3.96. The molecular formula is C12H14BrN3S. The number of fused-ring (bicyclic) bond motifs is 1. The average Bonchev–Trinajstić information content (AvgIpc) is 2.93. The molecule has 0 aromatic carbocycles. The smallest absolute Gasteiger partial charge is 0.0704 e. The van der Waals surface area contributed by atoms with Crippen LogP contribution in [0, 0.1) is 0 Å². The fourth-order valence-corrected chi connectivity index (χ4v) is 4.17. The Morgan fingerprint density at radius 1 is 1.59 bits per heavy atom. The quantitative estimate of drug-likeness (QED) is 0.912. The van der Waals surface area contributed by atoms with Gasteiger partial charge in [0, 0.05) is 29.2 Å². The van der Waals surface area contributed by atoms with Gasteiger partial charge in [-0.3, -0.25) is 5.10 Å². The second-order valence-corrected chi connectivity index (χ2v) is 6.88. The predicted molar refractivity (Wildman–Crippen MR) is 73.1 cm³/mol. The van der Waals surface area contributed by atoms with Crippen molar-refractivity contribution in [1.29, 1.82) is 0 Å². The average molecular weight is 312 g/mol. The van der Waals surface area contributed by atoms with Gasteiger partial charge in [0.2, 0.25) is 0 Å². The largest absolute Gasteiger partial charge is 0.306 e. The van der Waals surface area contributed by atoms with E-state index in [1.807, 2.05) is 23.7 Å². The Balaban J connectivity index is 1.72. The molecule has 2 N–H and O–H groups in total. The Morgan fingerprint density at radius 3 is 3.35 bits per heavy atom. The Hall–Kier alpha value is -0.650. The summed E-state index contributed by atoms with van der Waals surface area (Å²) in [6.07, 6.45) is 7.56. The topological polar surface area (TPSA) is 40.7 Å². The molecule has 0 saturated heterocycles. The fourth-order valence-electron chi connectivity index (χ4n) is 2.35. The summed E-state index contributed by atoms with van der Waals surface area (Å²) in [6.45, 7) is 0.883. The highest BCUT2D eigenvalue weighted by Gasteiger charge is 2.22. The van der Waals surface area contributed by atoms with Gasteiger partial charge in [-0.2, -0.15) is 5.10 Å². The van der Waals surface area contributed by atoms with Gasteiger partial charge in [-0.25, -0.2) is 0 Å². The summed E-state index contributed by atoms with van der Waals surface area (Å²) in [5.41, 5.74) is 2.70. The van der Waals surface area contributed by atoms with E-state index < -0.39 is 0 Å². The number of thiophene rings is 1. The van der Waals surface area contributed by atoms with Crippen molar-refractivity contribution in [2.24, 2.45) is 0 Å². The summed E-state index contributed by atoms with van der Waals surface area (Å²) in [5.74, 6) is 0. The number of hydrogen-bond acceptors (Lipinski definition) is 3. The Labute approximate surface area is 113 Å². The molecule has 0 radical (unpaired) electrons. The molecule has 0 saturated carbocycles. The monoisotopic (exact) mass is 311 g/mol. The van der Waals surface area contributed by atoms with Crippen molar-refractivity contribution in [3.8, 4) is 0 Å². The van der Waals surface area contributed by atoms with E-state index in [0.29, 0.717) is 6.04 Å². The lowest BCUT2D eigenvalue weighted by Crippen LogP contribution is -2.23. The number of rotatable bonds is 3. The van der Waals surface area contributed by atoms with Crippen molar-refractivity contribution in [3.63, 3.8) is 0 Å². The maximum atomic E-state index is 3.96. The van der Waals surface area contributed by atoms with Gasteiger partial charge in [0.05, 0.1) is 9.98 Å². The van der Waals surface area contributed by atoms with Crippen molar-refractivity contribution in [2.75, 3.05) is 0 Å². The zero-order valence-electron chi connectivity index (χ0n) is 9.37. The first-order chi connectivity index (χ1) is 8.33. The minimum atomic E-state index is 0.496. The van der Waals surface area contributed by atoms with E-state index in [1.165, 1.54) is 39.1 Å². The van der Waals surface area contributed by atoms with Crippen LogP contribution in [0.25, 0.3) is 0 Å². The molecule has 17 heavy (non-hydrogen) atoms. The molecule has 0 fully saturated rings.